The standard InChI is InChI=1S/C12H20N4O/c1-4-10(13)5-6-14-12(17)11-7-8(2)15-16-9(11)3/h7,10H,4-6,13H2,1-3H3,(H,14,17). The van der Waals surface area contributed by atoms with E-state index in [0.29, 0.717) is 17.8 Å². The predicted molar refractivity (Wildman–Crippen MR) is 66.7 cm³/mol. The summed E-state index contributed by atoms with van der Waals surface area (Å²) < 4.78 is 0. The summed E-state index contributed by atoms with van der Waals surface area (Å²) in [6.07, 6.45) is 1.71. The van der Waals surface area contributed by atoms with Gasteiger partial charge in [-0.1, -0.05) is 6.92 Å². The highest BCUT2D eigenvalue weighted by Crippen LogP contribution is 2.05. The summed E-state index contributed by atoms with van der Waals surface area (Å²) in [6.45, 7) is 6.22. The van der Waals surface area contributed by atoms with Crippen molar-refractivity contribution in [3.63, 3.8) is 0 Å². The highest BCUT2D eigenvalue weighted by atomic mass is 16.1. The summed E-state index contributed by atoms with van der Waals surface area (Å²) in [4.78, 5) is 11.9. The van der Waals surface area contributed by atoms with Crippen molar-refractivity contribution in [2.45, 2.75) is 39.7 Å². The van der Waals surface area contributed by atoms with Gasteiger partial charge in [0.05, 0.1) is 17.0 Å². The van der Waals surface area contributed by atoms with Crippen molar-refractivity contribution in [2.75, 3.05) is 6.54 Å². The molecule has 0 saturated heterocycles. The first-order valence-corrected chi connectivity index (χ1v) is 5.89. The largest absolute Gasteiger partial charge is 0.352 e. The molecule has 0 aliphatic carbocycles. The topological polar surface area (TPSA) is 80.9 Å². The molecule has 0 aliphatic rings. The van der Waals surface area contributed by atoms with E-state index in [9.17, 15) is 4.79 Å². The van der Waals surface area contributed by atoms with Gasteiger partial charge in [0.2, 0.25) is 0 Å². The van der Waals surface area contributed by atoms with Crippen LogP contribution in [0.25, 0.3) is 0 Å². The highest BCUT2D eigenvalue weighted by Gasteiger charge is 2.10. The number of nitrogens with two attached hydrogens (primary N) is 1. The molecular weight excluding hydrogens is 216 g/mol. The first kappa shape index (κ1) is 13.6. The number of hydrogen-bond acceptors (Lipinski definition) is 4. The van der Waals surface area contributed by atoms with Crippen LogP contribution in [0.2, 0.25) is 0 Å². The monoisotopic (exact) mass is 236 g/mol. The van der Waals surface area contributed by atoms with Gasteiger partial charge < -0.3 is 11.1 Å². The van der Waals surface area contributed by atoms with Gasteiger partial charge in [-0.05, 0) is 32.8 Å². The molecule has 0 saturated carbocycles. The Morgan fingerprint density at radius 1 is 1.47 bits per heavy atom. The van der Waals surface area contributed by atoms with E-state index in [1.165, 1.54) is 0 Å². The van der Waals surface area contributed by atoms with Crippen molar-refractivity contribution >= 4 is 5.91 Å². The van der Waals surface area contributed by atoms with Crippen molar-refractivity contribution in [2.24, 2.45) is 5.73 Å². The van der Waals surface area contributed by atoms with E-state index in [1.54, 1.807) is 13.0 Å². The van der Waals surface area contributed by atoms with E-state index in [0.717, 1.165) is 18.5 Å². The molecule has 3 N–H and O–H groups in total. The summed E-state index contributed by atoms with van der Waals surface area (Å²) in [5.41, 5.74) is 7.75. The SMILES string of the molecule is CCC(N)CCNC(=O)c1cc(C)nnc1C. The normalized spacial score (nSPS) is 12.2. The van der Waals surface area contributed by atoms with Crippen molar-refractivity contribution in [3.8, 4) is 0 Å². The number of rotatable bonds is 5. The number of aryl methyl sites for hydroxylation is 2. The van der Waals surface area contributed by atoms with Crippen molar-refractivity contribution in [1.82, 2.24) is 15.5 Å². The Labute approximate surface area is 102 Å². The van der Waals surface area contributed by atoms with E-state index in [2.05, 4.69) is 15.5 Å². The van der Waals surface area contributed by atoms with Gasteiger partial charge in [0.1, 0.15) is 0 Å². The minimum Gasteiger partial charge on any atom is -0.352 e. The van der Waals surface area contributed by atoms with E-state index >= 15 is 0 Å². The predicted octanol–water partition coefficient (Wildman–Crippen LogP) is 0.951. The van der Waals surface area contributed by atoms with Gasteiger partial charge in [-0.2, -0.15) is 10.2 Å². The molecule has 17 heavy (non-hydrogen) atoms. The van der Waals surface area contributed by atoms with Crippen LogP contribution in [0.15, 0.2) is 6.07 Å². The van der Waals surface area contributed by atoms with Crippen LogP contribution in [0, 0.1) is 13.8 Å². The van der Waals surface area contributed by atoms with Gasteiger partial charge in [0.25, 0.3) is 5.91 Å². The summed E-state index contributed by atoms with van der Waals surface area (Å²) in [5.74, 6) is -0.108. The Hall–Kier alpha value is -1.49. The lowest BCUT2D eigenvalue weighted by Gasteiger charge is -2.10. The van der Waals surface area contributed by atoms with Gasteiger partial charge in [0.15, 0.2) is 0 Å². The molecule has 1 heterocycles. The fourth-order valence-corrected chi connectivity index (χ4v) is 1.45. The molecule has 94 valence electrons. The molecule has 5 heteroatoms. The molecule has 1 aromatic heterocycles. The van der Waals surface area contributed by atoms with Gasteiger partial charge in [-0.15, -0.1) is 0 Å². The number of carbonyl (C=O) groups is 1. The van der Waals surface area contributed by atoms with Crippen LogP contribution in [0.1, 0.15) is 41.5 Å². The van der Waals surface area contributed by atoms with Crippen LogP contribution >= 0.6 is 0 Å². The van der Waals surface area contributed by atoms with E-state index in [4.69, 9.17) is 5.73 Å². The lowest BCUT2D eigenvalue weighted by molar-refractivity contribution is 0.0951. The van der Waals surface area contributed by atoms with E-state index in [-0.39, 0.29) is 11.9 Å². The third-order valence-corrected chi connectivity index (χ3v) is 2.67. The summed E-state index contributed by atoms with van der Waals surface area (Å²) in [6, 6.07) is 1.89. The van der Waals surface area contributed by atoms with E-state index < -0.39 is 0 Å². The molecule has 5 nitrogen and oxygen atoms in total. The maximum Gasteiger partial charge on any atom is 0.253 e. The molecule has 1 amide bonds. The molecule has 1 rings (SSSR count). The highest BCUT2D eigenvalue weighted by molar-refractivity contribution is 5.95. The molecule has 0 spiro atoms. The summed E-state index contributed by atoms with van der Waals surface area (Å²) >= 11 is 0. The first-order valence-electron chi connectivity index (χ1n) is 5.89. The zero-order valence-corrected chi connectivity index (χ0v) is 10.7. The summed E-state index contributed by atoms with van der Waals surface area (Å²) in [5, 5.41) is 10.7. The van der Waals surface area contributed by atoms with Gasteiger partial charge in [0, 0.05) is 12.6 Å². The quantitative estimate of drug-likeness (QED) is 0.797. The maximum atomic E-state index is 11.9. The third kappa shape index (κ3) is 4.11. The lowest BCUT2D eigenvalue weighted by atomic mass is 10.1. The van der Waals surface area contributed by atoms with Crippen LogP contribution in [0.3, 0.4) is 0 Å². The maximum absolute atomic E-state index is 11.9. The number of aromatic nitrogens is 2. The molecular formula is C12H20N4O. The average Bonchev–Trinajstić information content (AvgIpc) is 2.31. The Bertz CT molecular complexity index is 392. The number of nitrogens with one attached hydrogen (secondary N) is 1. The smallest absolute Gasteiger partial charge is 0.253 e. The molecule has 0 aliphatic heterocycles. The lowest BCUT2D eigenvalue weighted by Crippen LogP contribution is -2.30. The molecule has 0 aromatic carbocycles. The number of nitrogens with zero attached hydrogens (tertiary/aromatic N) is 2. The Morgan fingerprint density at radius 3 is 2.82 bits per heavy atom. The fourth-order valence-electron chi connectivity index (χ4n) is 1.45. The van der Waals surface area contributed by atoms with Crippen molar-refractivity contribution < 1.29 is 4.79 Å². The molecule has 0 radical (unpaired) electrons. The second-order valence-corrected chi connectivity index (χ2v) is 4.20. The van der Waals surface area contributed by atoms with Crippen LogP contribution in [-0.4, -0.2) is 28.7 Å². The molecule has 1 atom stereocenters. The molecule has 1 unspecified atom stereocenters. The molecule has 0 fully saturated rings. The Balaban J connectivity index is 2.55. The Kier molecular flexibility index (Phi) is 5.03. The summed E-state index contributed by atoms with van der Waals surface area (Å²) in [7, 11) is 0. The van der Waals surface area contributed by atoms with E-state index in [1.807, 2.05) is 13.8 Å². The molecule has 1 aromatic rings. The number of hydrogen-bond donors (Lipinski definition) is 2. The zero-order valence-electron chi connectivity index (χ0n) is 10.7. The van der Waals surface area contributed by atoms with Crippen molar-refractivity contribution in [3.05, 3.63) is 23.0 Å². The second kappa shape index (κ2) is 6.30. The van der Waals surface area contributed by atoms with Crippen LogP contribution in [0.4, 0.5) is 0 Å². The van der Waals surface area contributed by atoms with Crippen LogP contribution in [0.5, 0.6) is 0 Å². The fraction of sp³-hybridized carbons (Fsp3) is 0.583. The third-order valence-electron chi connectivity index (χ3n) is 2.67. The van der Waals surface area contributed by atoms with Crippen molar-refractivity contribution in [1.29, 1.82) is 0 Å². The minimum absolute atomic E-state index is 0.108. The average molecular weight is 236 g/mol. The van der Waals surface area contributed by atoms with Gasteiger partial charge in [-0.3, -0.25) is 4.79 Å². The number of carbonyl (C=O) groups excluding carboxylic acids is 1. The minimum atomic E-state index is -0.108. The Morgan fingerprint density at radius 2 is 2.18 bits per heavy atom. The zero-order chi connectivity index (χ0) is 12.8. The van der Waals surface area contributed by atoms with Gasteiger partial charge in [-0.25, -0.2) is 0 Å². The number of amides is 1. The first-order chi connectivity index (χ1) is 8.04. The second-order valence-electron chi connectivity index (χ2n) is 4.20. The van der Waals surface area contributed by atoms with Crippen LogP contribution < -0.4 is 11.1 Å². The molecule has 0 bridgehead atoms. The van der Waals surface area contributed by atoms with Gasteiger partial charge >= 0.3 is 0 Å². The van der Waals surface area contributed by atoms with Crippen LogP contribution in [-0.2, 0) is 0 Å².